The van der Waals surface area contributed by atoms with Crippen LogP contribution in [-0.4, -0.2) is 26.6 Å². The van der Waals surface area contributed by atoms with E-state index in [0.717, 1.165) is 5.56 Å². The van der Waals surface area contributed by atoms with Crippen LogP contribution in [0.5, 0.6) is 6.01 Å². The molecule has 1 N–H and O–H groups in total. The first kappa shape index (κ1) is 14.3. The minimum Gasteiger partial charge on any atom is -0.467 e. The topological polar surface area (TPSA) is 89.9 Å². The molecule has 0 aliphatic rings. The van der Waals surface area contributed by atoms with Gasteiger partial charge in [-0.2, -0.15) is 4.98 Å². The van der Waals surface area contributed by atoms with Gasteiger partial charge in [-0.3, -0.25) is 14.3 Å². The third-order valence-electron chi connectivity index (χ3n) is 3.16. The summed E-state index contributed by atoms with van der Waals surface area (Å²) in [5.41, 5.74) is 0.190. The number of methoxy groups -OCH3 is 1. The zero-order valence-corrected chi connectivity index (χ0v) is 12.3. The normalized spacial score (nSPS) is 10.8. The van der Waals surface area contributed by atoms with Gasteiger partial charge in [0.25, 0.3) is 5.56 Å². The Labute approximate surface area is 129 Å². The fourth-order valence-corrected chi connectivity index (χ4v) is 2.21. The van der Waals surface area contributed by atoms with Crippen LogP contribution >= 0.6 is 11.6 Å². The predicted molar refractivity (Wildman–Crippen MR) is 81.5 cm³/mol. The molecule has 2 heterocycles. The number of nitrogens with one attached hydrogen (secondary N) is 1. The van der Waals surface area contributed by atoms with Crippen molar-refractivity contribution >= 4 is 22.6 Å². The van der Waals surface area contributed by atoms with Crippen LogP contribution in [-0.2, 0) is 6.54 Å². The number of halogens is 1. The van der Waals surface area contributed by atoms with E-state index in [1.54, 1.807) is 24.3 Å². The monoisotopic (exact) mass is 318 g/mol. The zero-order chi connectivity index (χ0) is 15.7. The number of ether oxygens (including phenoxy) is 1. The maximum Gasteiger partial charge on any atom is 0.329 e. The van der Waals surface area contributed by atoms with Gasteiger partial charge in [0.2, 0.25) is 0 Å². The molecule has 22 heavy (non-hydrogen) atoms. The molecule has 0 aliphatic heterocycles. The van der Waals surface area contributed by atoms with E-state index < -0.39 is 11.2 Å². The van der Waals surface area contributed by atoms with E-state index in [0.29, 0.717) is 10.5 Å². The standard InChI is InChI=1S/C14H11ClN4O3/c1-22-13-16-6-10-11(17-13)12(20)18-14(21)19(10)7-8-2-4-9(15)5-3-8/h2-6H,7H2,1H3,(H,18,20,21). The van der Waals surface area contributed by atoms with Crippen molar-refractivity contribution in [2.24, 2.45) is 0 Å². The molecule has 0 saturated carbocycles. The maximum absolute atomic E-state index is 12.1. The molecule has 0 bridgehead atoms. The molecule has 7 nitrogen and oxygen atoms in total. The molecule has 112 valence electrons. The third-order valence-corrected chi connectivity index (χ3v) is 3.41. The van der Waals surface area contributed by atoms with Crippen molar-refractivity contribution in [1.82, 2.24) is 19.5 Å². The lowest BCUT2D eigenvalue weighted by Crippen LogP contribution is -2.31. The molecule has 0 aliphatic carbocycles. The van der Waals surface area contributed by atoms with Crippen LogP contribution in [0.15, 0.2) is 40.1 Å². The average molecular weight is 319 g/mol. The van der Waals surface area contributed by atoms with Crippen LogP contribution in [0.4, 0.5) is 0 Å². The van der Waals surface area contributed by atoms with Gasteiger partial charge in [0.15, 0.2) is 5.52 Å². The van der Waals surface area contributed by atoms with E-state index in [1.165, 1.54) is 17.9 Å². The van der Waals surface area contributed by atoms with Gasteiger partial charge >= 0.3 is 11.7 Å². The number of fused-ring (bicyclic) bond motifs is 1. The summed E-state index contributed by atoms with van der Waals surface area (Å²) in [6.07, 6.45) is 1.40. The highest BCUT2D eigenvalue weighted by atomic mass is 35.5. The number of H-pyrrole nitrogens is 1. The lowest BCUT2D eigenvalue weighted by Gasteiger charge is -2.09. The Bertz CT molecular complexity index is 947. The molecule has 0 unspecified atom stereocenters. The molecule has 3 rings (SSSR count). The van der Waals surface area contributed by atoms with Gasteiger partial charge in [0, 0.05) is 5.02 Å². The minimum atomic E-state index is -0.576. The molecule has 0 amide bonds. The summed E-state index contributed by atoms with van der Waals surface area (Å²) in [7, 11) is 1.40. The van der Waals surface area contributed by atoms with Gasteiger partial charge in [-0.1, -0.05) is 23.7 Å². The number of benzene rings is 1. The van der Waals surface area contributed by atoms with Crippen LogP contribution in [0.2, 0.25) is 5.02 Å². The van der Waals surface area contributed by atoms with Crippen molar-refractivity contribution in [3.63, 3.8) is 0 Å². The molecule has 0 radical (unpaired) electrons. The SMILES string of the molecule is COc1ncc2c(n1)c(=O)[nH]c(=O)n2Cc1ccc(Cl)cc1. The number of hydrogen-bond donors (Lipinski definition) is 1. The van der Waals surface area contributed by atoms with Crippen LogP contribution in [0.1, 0.15) is 5.56 Å². The van der Waals surface area contributed by atoms with Crippen LogP contribution < -0.4 is 16.0 Å². The maximum atomic E-state index is 12.1. The average Bonchev–Trinajstić information content (AvgIpc) is 2.52. The van der Waals surface area contributed by atoms with Crippen molar-refractivity contribution in [2.45, 2.75) is 6.54 Å². The number of aromatic nitrogens is 4. The fourth-order valence-electron chi connectivity index (χ4n) is 2.08. The molecule has 8 heteroatoms. The van der Waals surface area contributed by atoms with Crippen LogP contribution in [0.3, 0.4) is 0 Å². The molecule has 0 fully saturated rings. The van der Waals surface area contributed by atoms with E-state index in [2.05, 4.69) is 15.0 Å². The Hall–Kier alpha value is -2.67. The molecule has 2 aromatic heterocycles. The number of hydrogen-bond acceptors (Lipinski definition) is 5. The number of rotatable bonds is 3. The fraction of sp³-hybridized carbons (Fsp3) is 0.143. The molecule has 1 aromatic carbocycles. The second-order valence-corrected chi connectivity index (χ2v) is 5.00. The molecule has 0 atom stereocenters. The van der Waals surface area contributed by atoms with Gasteiger partial charge in [0.05, 0.1) is 25.4 Å². The quantitative estimate of drug-likeness (QED) is 0.783. The summed E-state index contributed by atoms with van der Waals surface area (Å²) in [6.45, 7) is 0.263. The van der Waals surface area contributed by atoms with Gasteiger partial charge < -0.3 is 4.74 Å². The number of aromatic amines is 1. The lowest BCUT2D eigenvalue weighted by molar-refractivity contribution is 0.381. The largest absolute Gasteiger partial charge is 0.467 e. The molecule has 0 saturated heterocycles. The van der Waals surface area contributed by atoms with Gasteiger partial charge in [0.1, 0.15) is 0 Å². The second-order valence-electron chi connectivity index (χ2n) is 4.56. The smallest absolute Gasteiger partial charge is 0.329 e. The van der Waals surface area contributed by atoms with Crippen molar-refractivity contribution in [1.29, 1.82) is 0 Å². The highest BCUT2D eigenvalue weighted by Gasteiger charge is 2.11. The summed E-state index contributed by atoms with van der Waals surface area (Å²) in [4.78, 5) is 34.2. The minimum absolute atomic E-state index is 0.0645. The van der Waals surface area contributed by atoms with E-state index in [1.807, 2.05) is 0 Å². The first-order valence-electron chi connectivity index (χ1n) is 6.37. The summed E-state index contributed by atoms with van der Waals surface area (Å²) < 4.78 is 6.29. The van der Waals surface area contributed by atoms with E-state index in [4.69, 9.17) is 16.3 Å². The Balaban J connectivity index is 2.18. The van der Waals surface area contributed by atoms with Crippen LogP contribution in [0.25, 0.3) is 11.0 Å². The van der Waals surface area contributed by atoms with Gasteiger partial charge in [-0.05, 0) is 17.7 Å². The van der Waals surface area contributed by atoms with Crippen molar-refractivity contribution in [2.75, 3.05) is 7.11 Å². The predicted octanol–water partition coefficient (Wildman–Crippen LogP) is 1.19. The first-order chi connectivity index (χ1) is 10.6. The summed E-state index contributed by atoms with van der Waals surface area (Å²) in [6, 6.07) is 7.13. The molecule has 0 spiro atoms. The molecule has 3 aromatic rings. The highest BCUT2D eigenvalue weighted by Crippen LogP contribution is 2.13. The van der Waals surface area contributed by atoms with Crippen molar-refractivity contribution in [3.8, 4) is 6.01 Å². The lowest BCUT2D eigenvalue weighted by atomic mass is 10.2. The molecular weight excluding hydrogens is 308 g/mol. The van der Waals surface area contributed by atoms with E-state index in [-0.39, 0.29) is 18.1 Å². The van der Waals surface area contributed by atoms with Gasteiger partial charge in [-0.15, -0.1) is 0 Å². The Morgan fingerprint density at radius 1 is 1.27 bits per heavy atom. The highest BCUT2D eigenvalue weighted by molar-refractivity contribution is 6.30. The third kappa shape index (κ3) is 2.58. The first-order valence-corrected chi connectivity index (χ1v) is 6.74. The Morgan fingerprint density at radius 2 is 2.00 bits per heavy atom. The number of nitrogens with zero attached hydrogens (tertiary/aromatic N) is 3. The van der Waals surface area contributed by atoms with E-state index in [9.17, 15) is 9.59 Å². The van der Waals surface area contributed by atoms with E-state index >= 15 is 0 Å². The van der Waals surface area contributed by atoms with Crippen molar-refractivity contribution in [3.05, 3.63) is 61.9 Å². The van der Waals surface area contributed by atoms with Crippen LogP contribution in [0, 0.1) is 0 Å². The summed E-state index contributed by atoms with van der Waals surface area (Å²) in [5, 5.41) is 0.607. The zero-order valence-electron chi connectivity index (χ0n) is 11.5. The second kappa shape index (κ2) is 5.61. The Morgan fingerprint density at radius 3 is 2.68 bits per heavy atom. The summed E-state index contributed by atoms with van der Waals surface area (Å²) >= 11 is 5.85. The van der Waals surface area contributed by atoms with Crippen molar-refractivity contribution < 1.29 is 4.74 Å². The summed E-state index contributed by atoms with van der Waals surface area (Å²) in [5.74, 6) is 0. The van der Waals surface area contributed by atoms with Gasteiger partial charge in [-0.25, -0.2) is 9.78 Å². The Kier molecular flexibility index (Phi) is 3.64. The molecular formula is C14H11ClN4O3.